The van der Waals surface area contributed by atoms with Crippen LogP contribution in [0.2, 0.25) is 5.02 Å². The van der Waals surface area contributed by atoms with Gasteiger partial charge in [0.2, 0.25) is 15.9 Å². The molecule has 0 saturated carbocycles. The van der Waals surface area contributed by atoms with Crippen LogP contribution < -0.4 is 14.8 Å². The molecule has 0 atom stereocenters. The third kappa shape index (κ3) is 4.83. The zero-order valence-electron chi connectivity index (χ0n) is 16.2. The molecule has 2 aromatic rings. The molecule has 1 N–H and O–H groups in total. The third-order valence-electron chi connectivity index (χ3n) is 4.93. The maximum Gasteiger partial charge on any atom is 0.243 e. The van der Waals surface area contributed by atoms with Gasteiger partial charge in [-0.05, 0) is 49.2 Å². The molecule has 1 fully saturated rings. The first-order valence-electron chi connectivity index (χ1n) is 9.13. The number of amides is 1. The lowest BCUT2D eigenvalue weighted by molar-refractivity contribution is -0.120. The molecule has 156 valence electrons. The van der Waals surface area contributed by atoms with Crippen LogP contribution >= 0.6 is 11.6 Å². The van der Waals surface area contributed by atoms with Gasteiger partial charge in [0.25, 0.3) is 0 Å². The molecule has 29 heavy (non-hydrogen) atoms. The van der Waals surface area contributed by atoms with Gasteiger partial charge in [-0.15, -0.1) is 0 Å². The molecule has 0 radical (unpaired) electrons. The predicted octanol–water partition coefficient (Wildman–Crippen LogP) is 3.40. The molecule has 7 nitrogen and oxygen atoms in total. The first-order valence-corrected chi connectivity index (χ1v) is 11.0. The number of carbonyl (C=O) groups excluding carboxylic acids is 1. The van der Waals surface area contributed by atoms with E-state index < -0.39 is 10.0 Å². The topological polar surface area (TPSA) is 84.9 Å². The molecular weight excluding hydrogens is 416 g/mol. The number of hydrogen-bond donors (Lipinski definition) is 1. The fourth-order valence-electron chi connectivity index (χ4n) is 3.27. The van der Waals surface area contributed by atoms with Crippen LogP contribution in [0.15, 0.2) is 47.4 Å². The highest BCUT2D eigenvalue weighted by Gasteiger charge is 2.32. The lowest BCUT2D eigenvalue weighted by Gasteiger charge is -2.30. The molecule has 0 spiro atoms. The van der Waals surface area contributed by atoms with Crippen LogP contribution in [0.25, 0.3) is 0 Å². The largest absolute Gasteiger partial charge is 0.493 e. The SMILES string of the molecule is COc1ccc(NC(=O)C2CCN(S(=O)(=O)c3ccc(Cl)cc3)CC2)cc1OC. The summed E-state index contributed by atoms with van der Waals surface area (Å²) < 4.78 is 37.4. The minimum Gasteiger partial charge on any atom is -0.493 e. The van der Waals surface area contributed by atoms with Crippen LogP contribution in [0.5, 0.6) is 11.5 Å². The molecule has 1 heterocycles. The molecule has 0 bridgehead atoms. The van der Waals surface area contributed by atoms with E-state index in [1.807, 2.05) is 0 Å². The van der Waals surface area contributed by atoms with Crippen molar-refractivity contribution in [1.29, 1.82) is 0 Å². The molecule has 9 heteroatoms. The number of hydrogen-bond acceptors (Lipinski definition) is 5. The van der Waals surface area contributed by atoms with Gasteiger partial charge in [0.1, 0.15) is 0 Å². The Kier molecular flexibility index (Phi) is 6.66. The summed E-state index contributed by atoms with van der Waals surface area (Å²) >= 11 is 5.84. The van der Waals surface area contributed by atoms with Crippen molar-refractivity contribution < 1.29 is 22.7 Å². The summed E-state index contributed by atoms with van der Waals surface area (Å²) in [5, 5.41) is 3.35. The highest BCUT2D eigenvalue weighted by Crippen LogP contribution is 2.31. The summed E-state index contributed by atoms with van der Waals surface area (Å²) in [4.78, 5) is 12.8. The Labute approximate surface area is 175 Å². The van der Waals surface area contributed by atoms with Gasteiger partial charge in [-0.2, -0.15) is 4.31 Å². The second kappa shape index (κ2) is 9.02. The van der Waals surface area contributed by atoms with Crippen molar-refractivity contribution in [1.82, 2.24) is 4.31 Å². The Morgan fingerprint density at radius 2 is 1.66 bits per heavy atom. The van der Waals surface area contributed by atoms with Crippen molar-refractivity contribution in [2.24, 2.45) is 5.92 Å². The number of anilines is 1. The highest BCUT2D eigenvalue weighted by atomic mass is 35.5. The number of piperidine rings is 1. The normalized spacial score (nSPS) is 15.7. The number of ether oxygens (including phenoxy) is 2. The number of nitrogens with one attached hydrogen (secondary N) is 1. The Bertz CT molecular complexity index is 971. The Morgan fingerprint density at radius 3 is 2.24 bits per heavy atom. The van der Waals surface area contributed by atoms with E-state index in [0.717, 1.165) is 0 Å². The molecule has 3 rings (SSSR count). The lowest BCUT2D eigenvalue weighted by atomic mass is 9.97. The zero-order chi connectivity index (χ0) is 21.0. The standard InChI is InChI=1S/C20H23ClN2O5S/c1-27-18-8-5-16(13-19(18)28-2)22-20(24)14-9-11-23(12-10-14)29(25,26)17-6-3-15(21)4-7-17/h3-8,13-14H,9-12H2,1-2H3,(H,22,24). The fourth-order valence-corrected chi connectivity index (χ4v) is 4.87. The fraction of sp³-hybridized carbons (Fsp3) is 0.350. The number of nitrogens with zero attached hydrogens (tertiary/aromatic N) is 1. The van der Waals surface area contributed by atoms with Crippen LogP contribution in [-0.2, 0) is 14.8 Å². The van der Waals surface area contributed by atoms with E-state index >= 15 is 0 Å². The molecule has 1 aliphatic rings. The first-order chi connectivity index (χ1) is 13.8. The Balaban J connectivity index is 1.61. The van der Waals surface area contributed by atoms with Gasteiger partial charge in [-0.3, -0.25) is 4.79 Å². The molecule has 1 aliphatic heterocycles. The van der Waals surface area contributed by atoms with Crippen molar-refractivity contribution in [3.05, 3.63) is 47.5 Å². The van der Waals surface area contributed by atoms with Gasteiger partial charge >= 0.3 is 0 Å². The van der Waals surface area contributed by atoms with Crippen LogP contribution in [0.1, 0.15) is 12.8 Å². The van der Waals surface area contributed by atoms with E-state index in [0.29, 0.717) is 35.1 Å². The summed E-state index contributed by atoms with van der Waals surface area (Å²) in [6.07, 6.45) is 0.901. The van der Waals surface area contributed by atoms with Crippen LogP contribution in [0, 0.1) is 5.92 Å². The molecule has 1 saturated heterocycles. The van der Waals surface area contributed by atoms with E-state index in [1.165, 1.54) is 23.5 Å². The van der Waals surface area contributed by atoms with E-state index in [-0.39, 0.29) is 29.8 Å². The maximum absolute atomic E-state index is 12.8. The van der Waals surface area contributed by atoms with Crippen molar-refractivity contribution in [3.63, 3.8) is 0 Å². The molecular formula is C20H23ClN2O5S. The smallest absolute Gasteiger partial charge is 0.243 e. The number of sulfonamides is 1. The van der Waals surface area contributed by atoms with Crippen LogP contribution in [-0.4, -0.2) is 45.9 Å². The molecule has 2 aromatic carbocycles. The Hall–Kier alpha value is -2.29. The van der Waals surface area contributed by atoms with Gasteiger partial charge in [0, 0.05) is 35.8 Å². The van der Waals surface area contributed by atoms with Crippen molar-refractivity contribution >= 4 is 33.2 Å². The second-order valence-electron chi connectivity index (χ2n) is 6.69. The van der Waals surface area contributed by atoms with Gasteiger partial charge in [0.05, 0.1) is 19.1 Å². The minimum absolute atomic E-state index is 0.138. The first kappa shape index (κ1) is 21.4. The zero-order valence-corrected chi connectivity index (χ0v) is 17.8. The molecule has 0 unspecified atom stereocenters. The van der Waals surface area contributed by atoms with Crippen molar-refractivity contribution in [2.75, 3.05) is 32.6 Å². The van der Waals surface area contributed by atoms with E-state index in [2.05, 4.69) is 5.32 Å². The number of methoxy groups -OCH3 is 2. The minimum atomic E-state index is -3.59. The van der Waals surface area contributed by atoms with Gasteiger partial charge in [-0.25, -0.2) is 8.42 Å². The van der Waals surface area contributed by atoms with Crippen molar-refractivity contribution in [2.45, 2.75) is 17.7 Å². The highest BCUT2D eigenvalue weighted by molar-refractivity contribution is 7.89. The summed E-state index contributed by atoms with van der Waals surface area (Å²) in [6.45, 7) is 0.573. The second-order valence-corrected chi connectivity index (χ2v) is 9.07. The van der Waals surface area contributed by atoms with Crippen LogP contribution in [0.4, 0.5) is 5.69 Å². The van der Waals surface area contributed by atoms with Crippen LogP contribution in [0.3, 0.4) is 0 Å². The molecule has 0 aromatic heterocycles. The summed E-state index contributed by atoms with van der Waals surface area (Å²) in [7, 11) is -0.519. The Morgan fingerprint density at radius 1 is 1.03 bits per heavy atom. The number of carbonyl (C=O) groups is 1. The third-order valence-corrected chi connectivity index (χ3v) is 7.09. The maximum atomic E-state index is 12.8. The quantitative estimate of drug-likeness (QED) is 0.747. The number of halogens is 1. The monoisotopic (exact) mass is 438 g/mol. The number of benzene rings is 2. The van der Waals surface area contributed by atoms with Gasteiger partial charge in [0.15, 0.2) is 11.5 Å². The summed E-state index contributed by atoms with van der Waals surface area (Å²) in [5.74, 6) is 0.695. The summed E-state index contributed by atoms with van der Waals surface area (Å²) in [6, 6.07) is 11.2. The molecule has 1 amide bonds. The van der Waals surface area contributed by atoms with Crippen molar-refractivity contribution in [3.8, 4) is 11.5 Å². The van der Waals surface area contributed by atoms with Gasteiger partial charge < -0.3 is 14.8 Å². The van der Waals surface area contributed by atoms with E-state index in [4.69, 9.17) is 21.1 Å². The average molecular weight is 439 g/mol. The van der Waals surface area contributed by atoms with Gasteiger partial charge in [-0.1, -0.05) is 11.6 Å². The summed E-state index contributed by atoms with van der Waals surface area (Å²) in [5.41, 5.74) is 0.601. The number of rotatable bonds is 6. The average Bonchev–Trinajstić information content (AvgIpc) is 2.74. The predicted molar refractivity (Wildman–Crippen MR) is 111 cm³/mol. The van der Waals surface area contributed by atoms with E-state index in [1.54, 1.807) is 37.4 Å². The molecule has 0 aliphatic carbocycles. The lowest BCUT2D eigenvalue weighted by Crippen LogP contribution is -2.41. The van der Waals surface area contributed by atoms with E-state index in [9.17, 15) is 13.2 Å².